The van der Waals surface area contributed by atoms with E-state index in [4.69, 9.17) is 4.42 Å². The largest absolute Gasteiger partial charge is 0.467 e. The number of carbonyl (C=O) groups is 1. The van der Waals surface area contributed by atoms with E-state index in [-0.39, 0.29) is 5.91 Å². The second-order valence-electron chi connectivity index (χ2n) is 6.40. The van der Waals surface area contributed by atoms with E-state index in [1.165, 1.54) is 0 Å². The van der Waals surface area contributed by atoms with Crippen LogP contribution in [0.15, 0.2) is 59.2 Å². The van der Waals surface area contributed by atoms with E-state index in [0.717, 1.165) is 17.0 Å². The summed E-state index contributed by atoms with van der Waals surface area (Å²) < 4.78 is 6.97. The molecule has 142 valence electrons. The van der Waals surface area contributed by atoms with Crippen molar-refractivity contribution in [2.24, 2.45) is 0 Å². The SMILES string of the molecule is Cc1ccccc1NC(=O)CCc1nnc2ccc(NCc3ccco3)nn12. The highest BCUT2D eigenvalue weighted by molar-refractivity contribution is 5.91. The minimum atomic E-state index is -0.0712. The van der Waals surface area contributed by atoms with Crippen LogP contribution in [0, 0.1) is 6.92 Å². The van der Waals surface area contributed by atoms with Crippen molar-refractivity contribution in [2.75, 3.05) is 10.6 Å². The maximum absolute atomic E-state index is 12.3. The predicted molar refractivity (Wildman–Crippen MR) is 105 cm³/mol. The number of rotatable bonds is 7. The van der Waals surface area contributed by atoms with Crippen molar-refractivity contribution < 1.29 is 9.21 Å². The standard InChI is InChI=1S/C20H20N6O2/c1-14-5-2-3-7-16(14)22-20(27)11-10-19-24-23-18-9-8-17(25-26(18)19)21-13-15-6-4-12-28-15/h2-9,12H,10-11,13H2,1H3,(H,21,25)(H,22,27). The molecule has 3 heterocycles. The molecule has 8 heteroatoms. The van der Waals surface area contributed by atoms with Gasteiger partial charge in [0.05, 0.1) is 12.8 Å². The van der Waals surface area contributed by atoms with Gasteiger partial charge in [-0.15, -0.1) is 15.3 Å². The summed E-state index contributed by atoms with van der Waals surface area (Å²) in [5.41, 5.74) is 2.48. The van der Waals surface area contributed by atoms with E-state index in [1.54, 1.807) is 10.8 Å². The van der Waals surface area contributed by atoms with Gasteiger partial charge in [-0.3, -0.25) is 4.79 Å². The van der Waals surface area contributed by atoms with Crippen LogP contribution < -0.4 is 10.6 Å². The van der Waals surface area contributed by atoms with Crippen LogP contribution in [0.2, 0.25) is 0 Å². The summed E-state index contributed by atoms with van der Waals surface area (Å²) in [4.78, 5) is 12.3. The molecule has 0 atom stereocenters. The summed E-state index contributed by atoms with van der Waals surface area (Å²) >= 11 is 0. The van der Waals surface area contributed by atoms with Crippen molar-refractivity contribution in [3.05, 3.63) is 71.9 Å². The Morgan fingerprint density at radius 2 is 2.00 bits per heavy atom. The topological polar surface area (TPSA) is 97.3 Å². The van der Waals surface area contributed by atoms with E-state index < -0.39 is 0 Å². The zero-order chi connectivity index (χ0) is 19.3. The van der Waals surface area contributed by atoms with Crippen LogP contribution in [-0.4, -0.2) is 25.7 Å². The lowest BCUT2D eigenvalue weighted by atomic mass is 10.2. The molecule has 0 saturated heterocycles. The van der Waals surface area contributed by atoms with Gasteiger partial charge in [-0.2, -0.15) is 4.52 Å². The maximum Gasteiger partial charge on any atom is 0.224 e. The van der Waals surface area contributed by atoms with E-state index in [2.05, 4.69) is 25.9 Å². The van der Waals surface area contributed by atoms with Crippen LogP contribution in [-0.2, 0) is 17.8 Å². The molecule has 4 aromatic rings. The number of anilines is 2. The normalized spacial score (nSPS) is 10.9. The average Bonchev–Trinajstić information content (AvgIpc) is 3.36. The summed E-state index contributed by atoms with van der Waals surface area (Å²) in [5, 5.41) is 18.9. The minimum absolute atomic E-state index is 0.0712. The van der Waals surface area contributed by atoms with Gasteiger partial charge in [0.25, 0.3) is 0 Å². The van der Waals surface area contributed by atoms with Gasteiger partial charge in [0, 0.05) is 18.5 Å². The van der Waals surface area contributed by atoms with E-state index in [9.17, 15) is 4.79 Å². The quantitative estimate of drug-likeness (QED) is 0.514. The predicted octanol–water partition coefficient (Wildman–Crippen LogP) is 3.21. The van der Waals surface area contributed by atoms with Gasteiger partial charge in [-0.05, 0) is 42.8 Å². The monoisotopic (exact) mass is 376 g/mol. The smallest absolute Gasteiger partial charge is 0.224 e. The first-order valence-electron chi connectivity index (χ1n) is 9.02. The molecule has 28 heavy (non-hydrogen) atoms. The van der Waals surface area contributed by atoms with Gasteiger partial charge in [-0.1, -0.05) is 18.2 Å². The number of nitrogens with one attached hydrogen (secondary N) is 2. The lowest BCUT2D eigenvalue weighted by molar-refractivity contribution is -0.116. The third kappa shape index (κ3) is 4.01. The molecule has 0 bridgehead atoms. The molecule has 0 aliphatic heterocycles. The number of aromatic nitrogens is 4. The Labute approximate surface area is 161 Å². The highest BCUT2D eigenvalue weighted by atomic mass is 16.3. The van der Waals surface area contributed by atoms with Crippen molar-refractivity contribution in [1.29, 1.82) is 0 Å². The summed E-state index contributed by atoms with van der Waals surface area (Å²) in [6.45, 7) is 2.49. The third-order valence-corrected chi connectivity index (χ3v) is 4.35. The van der Waals surface area contributed by atoms with E-state index in [0.29, 0.717) is 36.7 Å². The number of benzene rings is 1. The zero-order valence-corrected chi connectivity index (χ0v) is 15.4. The molecular formula is C20H20N6O2. The van der Waals surface area contributed by atoms with Gasteiger partial charge < -0.3 is 15.1 Å². The number of carbonyl (C=O) groups excluding carboxylic acids is 1. The fraction of sp³-hybridized carbons (Fsp3) is 0.200. The first-order chi connectivity index (χ1) is 13.7. The van der Waals surface area contributed by atoms with Crippen LogP contribution in [0.5, 0.6) is 0 Å². The number of furan rings is 1. The summed E-state index contributed by atoms with van der Waals surface area (Å²) in [5.74, 6) is 2.06. The van der Waals surface area contributed by atoms with Crippen LogP contribution >= 0.6 is 0 Å². The molecule has 0 saturated carbocycles. The highest BCUT2D eigenvalue weighted by Gasteiger charge is 2.11. The minimum Gasteiger partial charge on any atom is -0.467 e. The number of aryl methyl sites for hydroxylation is 2. The average molecular weight is 376 g/mol. The Kier molecular flexibility index (Phi) is 5.01. The Hall–Kier alpha value is -3.68. The van der Waals surface area contributed by atoms with Gasteiger partial charge >= 0.3 is 0 Å². The van der Waals surface area contributed by atoms with Crippen LogP contribution in [0.25, 0.3) is 5.65 Å². The summed E-state index contributed by atoms with van der Waals surface area (Å²) in [6, 6.07) is 15.1. The molecule has 2 N–H and O–H groups in total. The van der Waals surface area contributed by atoms with Crippen LogP contribution in [0.3, 0.4) is 0 Å². The second-order valence-corrected chi connectivity index (χ2v) is 6.40. The third-order valence-electron chi connectivity index (χ3n) is 4.35. The molecule has 0 spiro atoms. The molecule has 0 fully saturated rings. The molecule has 3 aromatic heterocycles. The van der Waals surface area contributed by atoms with Crippen molar-refractivity contribution in [1.82, 2.24) is 19.8 Å². The number of fused-ring (bicyclic) bond motifs is 1. The number of hydrogen-bond donors (Lipinski definition) is 2. The van der Waals surface area contributed by atoms with Crippen LogP contribution in [0.1, 0.15) is 23.6 Å². The zero-order valence-electron chi connectivity index (χ0n) is 15.4. The molecule has 0 aliphatic rings. The molecule has 0 unspecified atom stereocenters. The van der Waals surface area contributed by atoms with E-state index >= 15 is 0 Å². The Bertz CT molecular complexity index is 1090. The van der Waals surface area contributed by atoms with Crippen molar-refractivity contribution in [2.45, 2.75) is 26.3 Å². The first-order valence-corrected chi connectivity index (χ1v) is 9.02. The molecule has 8 nitrogen and oxygen atoms in total. The maximum atomic E-state index is 12.3. The van der Waals surface area contributed by atoms with E-state index in [1.807, 2.05) is 55.5 Å². The lowest BCUT2D eigenvalue weighted by Crippen LogP contribution is -2.14. The molecule has 1 aromatic carbocycles. The van der Waals surface area contributed by atoms with Gasteiger partial charge in [0.2, 0.25) is 5.91 Å². The summed E-state index contributed by atoms with van der Waals surface area (Å²) in [7, 11) is 0. The molecule has 1 amide bonds. The molecule has 4 rings (SSSR count). The fourth-order valence-electron chi connectivity index (χ4n) is 2.83. The number of hydrogen-bond acceptors (Lipinski definition) is 6. The summed E-state index contributed by atoms with van der Waals surface area (Å²) in [6.07, 6.45) is 2.36. The Balaban J connectivity index is 1.41. The second kappa shape index (κ2) is 7.91. The molecular weight excluding hydrogens is 356 g/mol. The number of para-hydroxylation sites is 1. The van der Waals surface area contributed by atoms with Crippen molar-refractivity contribution in [3.63, 3.8) is 0 Å². The number of amides is 1. The van der Waals surface area contributed by atoms with Crippen molar-refractivity contribution in [3.8, 4) is 0 Å². The molecule has 0 radical (unpaired) electrons. The fourth-order valence-corrected chi connectivity index (χ4v) is 2.83. The molecule has 0 aliphatic carbocycles. The van der Waals surface area contributed by atoms with Gasteiger partial charge in [-0.25, -0.2) is 0 Å². The van der Waals surface area contributed by atoms with Crippen LogP contribution in [0.4, 0.5) is 11.5 Å². The lowest BCUT2D eigenvalue weighted by Gasteiger charge is -2.08. The van der Waals surface area contributed by atoms with Gasteiger partial charge in [0.15, 0.2) is 11.5 Å². The van der Waals surface area contributed by atoms with Gasteiger partial charge in [0.1, 0.15) is 11.6 Å². The first kappa shape index (κ1) is 17.7. The Morgan fingerprint density at radius 1 is 1.11 bits per heavy atom. The highest BCUT2D eigenvalue weighted by Crippen LogP contribution is 2.14. The van der Waals surface area contributed by atoms with Crippen molar-refractivity contribution >= 4 is 23.1 Å². The number of nitrogens with zero attached hydrogens (tertiary/aromatic N) is 4. The Morgan fingerprint density at radius 3 is 2.82 bits per heavy atom.